The van der Waals surface area contributed by atoms with Crippen LogP contribution in [-0.2, 0) is 6.42 Å². The van der Waals surface area contributed by atoms with E-state index in [9.17, 15) is 0 Å². The Morgan fingerprint density at radius 3 is 2.75 bits per heavy atom. The number of aryl methyl sites for hydroxylation is 1. The molecule has 1 aliphatic carbocycles. The normalized spacial score (nSPS) is 15.8. The molecular formula is C12H17BrN2S. The number of halogens is 1. The third-order valence-corrected chi connectivity index (χ3v) is 4.24. The third kappa shape index (κ3) is 2.92. The minimum atomic E-state index is 0.678. The minimum absolute atomic E-state index is 0.678. The number of H-pyrrole nitrogens is 1. The predicted molar refractivity (Wildman–Crippen MR) is 72.3 cm³/mol. The van der Waals surface area contributed by atoms with Crippen LogP contribution in [0.1, 0.15) is 50.5 Å². The van der Waals surface area contributed by atoms with Crippen LogP contribution in [0.5, 0.6) is 0 Å². The molecule has 1 saturated carbocycles. The molecule has 0 aliphatic heterocycles. The van der Waals surface area contributed by atoms with Crippen LogP contribution in [0.4, 0.5) is 0 Å². The highest BCUT2D eigenvalue weighted by Crippen LogP contribution is 2.42. The van der Waals surface area contributed by atoms with Gasteiger partial charge in [-0.2, -0.15) is 0 Å². The van der Waals surface area contributed by atoms with Crippen molar-refractivity contribution in [2.45, 2.75) is 45.4 Å². The van der Waals surface area contributed by atoms with Crippen molar-refractivity contribution in [2.24, 2.45) is 5.92 Å². The molecule has 1 N–H and O–H groups in total. The largest absolute Gasteiger partial charge is 0.346 e. The van der Waals surface area contributed by atoms with Crippen LogP contribution in [0.2, 0.25) is 0 Å². The van der Waals surface area contributed by atoms with Crippen molar-refractivity contribution < 1.29 is 0 Å². The van der Waals surface area contributed by atoms with Gasteiger partial charge in [0, 0.05) is 18.0 Å². The third-order valence-electron chi connectivity index (χ3n) is 2.88. The van der Waals surface area contributed by atoms with Gasteiger partial charge < -0.3 is 4.98 Å². The summed E-state index contributed by atoms with van der Waals surface area (Å²) in [6, 6.07) is 0. The van der Waals surface area contributed by atoms with Crippen LogP contribution in [0.3, 0.4) is 0 Å². The highest BCUT2D eigenvalue weighted by molar-refractivity contribution is 9.10. The highest BCUT2D eigenvalue weighted by Gasteiger charge is 2.27. The summed E-state index contributed by atoms with van der Waals surface area (Å²) in [5.41, 5.74) is 1.26. The molecule has 0 spiro atoms. The van der Waals surface area contributed by atoms with Gasteiger partial charge in [0.05, 0.1) is 4.47 Å². The SMILES string of the molecule is CC(C)CCc1nc(=S)c(Br)c(C2CC2)[nH]1. The molecule has 1 aromatic heterocycles. The second kappa shape index (κ2) is 4.96. The molecule has 1 fully saturated rings. The van der Waals surface area contributed by atoms with Gasteiger partial charge in [-0.3, -0.25) is 0 Å². The smallest absolute Gasteiger partial charge is 0.144 e. The average molecular weight is 301 g/mol. The molecule has 1 aromatic rings. The summed E-state index contributed by atoms with van der Waals surface area (Å²) in [5, 5.41) is 0. The van der Waals surface area contributed by atoms with Crippen molar-refractivity contribution in [2.75, 3.05) is 0 Å². The summed E-state index contributed by atoms with van der Waals surface area (Å²) in [7, 11) is 0. The fraction of sp³-hybridized carbons (Fsp3) is 0.667. The maximum Gasteiger partial charge on any atom is 0.144 e. The molecule has 1 aliphatic rings. The summed E-state index contributed by atoms with van der Waals surface area (Å²) < 4.78 is 1.71. The summed E-state index contributed by atoms with van der Waals surface area (Å²) in [6.45, 7) is 4.46. The van der Waals surface area contributed by atoms with Gasteiger partial charge in [-0.05, 0) is 41.1 Å². The highest BCUT2D eigenvalue weighted by atomic mass is 79.9. The first-order chi connectivity index (χ1) is 7.58. The number of aromatic nitrogens is 2. The first kappa shape index (κ1) is 12.2. The van der Waals surface area contributed by atoms with Gasteiger partial charge in [-0.15, -0.1) is 0 Å². The fourth-order valence-electron chi connectivity index (χ4n) is 1.72. The van der Waals surface area contributed by atoms with Gasteiger partial charge in [0.2, 0.25) is 0 Å². The number of hydrogen-bond acceptors (Lipinski definition) is 2. The lowest BCUT2D eigenvalue weighted by Crippen LogP contribution is -2.02. The second-order valence-electron chi connectivity index (χ2n) is 4.92. The minimum Gasteiger partial charge on any atom is -0.346 e. The number of rotatable bonds is 4. The van der Waals surface area contributed by atoms with E-state index in [1.54, 1.807) is 0 Å². The molecule has 0 radical (unpaired) electrons. The van der Waals surface area contributed by atoms with Gasteiger partial charge in [-0.25, -0.2) is 4.98 Å². The summed E-state index contributed by atoms with van der Waals surface area (Å²) in [4.78, 5) is 7.87. The van der Waals surface area contributed by atoms with Gasteiger partial charge in [0.1, 0.15) is 10.5 Å². The van der Waals surface area contributed by atoms with Crippen LogP contribution < -0.4 is 0 Å². The van der Waals surface area contributed by atoms with E-state index in [1.165, 1.54) is 18.5 Å². The second-order valence-corrected chi connectivity index (χ2v) is 6.10. The lowest BCUT2D eigenvalue weighted by molar-refractivity contribution is 0.572. The Labute approximate surface area is 110 Å². The molecule has 16 heavy (non-hydrogen) atoms. The van der Waals surface area contributed by atoms with Crippen molar-refractivity contribution in [3.05, 3.63) is 20.6 Å². The van der Waals surface area contributed by atoms with E-state index in [2.05, 4.69) is 39.7 Å². The topological polar surface area (TPSA) is 28.7 Å². The number of nitrogens with one attached hydrogen (secondary N) is 1. The molecule has 0 aromatic carbocycles. The molecule has 2 rings (SSSR count). The Balaban J connectivity index is 2.22. The van der Waals surface area contributed by atoms with E-state index in [-0.39, 0.29) is 0 Å². The molecule has 0 saturated heterocycles. The summed E-state index contributed by atoms with van der Waals surface area (Å²) in [6.07, 6.45) is 4.70. The van der Waals surface area contributed by atoms with E-state index >= 15 is 0 Å². The van der Waals surface area contributed by atoms with Crippen LogP contribution in [-0.4, -0.2) is 9.97 Å². The molecular weight excluding hydrogens is 284 g/mol. The average Bonchev–Trinajstić information content (AvgIpc) is 3.03. The molecule has 0 unspecified atom stereocenters. The Morgan fingerprint density at radius 1 is 1.50 bits per heavy atom. The van der Waals surface area contributed by atoms with Crippen molar-refractivity contribution in [3.63, 3.8) is 0 Å². The van der Waals surface area contributed by atoms with Crippen LogP contribution in [0.25, 0.3) is 0 Å². The first-order valence-corrected chi connectivity index (χ1v) is 7.06. The van der Waals surface area contributed by atoms with E-state index in [1.807, 2.05) is 0 Å². The Hall–Kier alpha value is -0.220. The maximum absolute atomic E-state index is 5.28. The number of aromatic amines is 1. The Morgan fingerprint density at radius 2 is 2.19 bits per heavy atom. The number of hydrogen-bond donors (Lipinski definition) is 1. The van der Waals surface area contributed by atoms with Crippen LogP contribution in [0, 0.1) is 10.6 Å². The molecule has 0 amide bonds. The Bertz CT molecular complexity index is 435. The summed E-state index contributed by atoms with van der Waals surface area (Å²) >= 11 is 8.81. The molecule has 0 bridgehead atoms. The monoisotopic (exact) mass is 300 g/mol. The predicted octanol–water partition coefficient (Wildman–Crippen LogP) is 4.37. The molecule has 88 valence electrons. The zero-order chi connectivity index (χ0) is 11.7. The van der Waals surface area contributed by atoms with Crippen LogP contribution >= 0.6 is 28.1 Å². The fourth-order valence-corrected chi connectivity index (χ4v) is 2.45. The van der Waals surface area contributed by atoms with E-state index < -0.39 is 0 Å². The maximum atomic E-state index is 5.28. The molecule has 4 heteroatoms. The lowest BCUT2D eigenvalue weighted by atomic mass is 10.1. The van der Waals surface area contributed by atoms with Gasteiger partial charge >= 0.3 is 0 Å². The quantitative estimate of drug-likeness (QED) is 0.837. The molecule has 1 heterocycles. The van der Waals surface area contributed by atoms with E-state index in [0.29, 0.717) is 16.5 Å². The molecule has 2 nitrogen and oxygen atoms in total. The zero-order valence-electron chi connectivity index (χ0n) is 9.72. The molecule has 0 atom stereocenters. The number of nitrogens with zero attached hydrogens (tertiary/aromatic N) is 1. The van der Waals surface area contributed by atoms with Crippen molar-refractivity contribution in [1.29, 1.82) is 0 Å². The van der Waals surface area contributed by atoms with Gasteiger partial charge in [0.25, 0.3) is 0 Å². The van der Waals surface area contributed by atoms with E-state index in [4.69, 9.17) is 12.2 Å². The van der Waals surface area contributed by atoms with Crippen LogP contribution in [0.15, 0.2) is 4.47 Å². The van der Waals surface area contributed by atoms with Crippen molar-refractivity contribution in [1.82, 2.24) is 9.97 Å². The zero-order valence-corrected chi connectivity index (χ0v) is 12.1. The lowest BCUT2D eigenvalue weighted by Gasteiger charge is -2.08. The van der Waals surface area contributed by atoms with Crippen molar-refractivity contribution >= 4 is 28.1 Å². The Kier molecular flexibility index (Phi) is 3.80. The first-order valence-electron chi connectivity index (χ1n) is 5.86. The standard InChI is InChI=1S/C12H17BrN2S/c1-7(2)3-6-9-14-11(8-4-5-8)10(13)12(16)15-9/h7-8H,3-6H2,1-2H3,(H,14,15,16). The van der Waals surface area contributed by atoms with Crippen molar-refractivity contribution in [3.8, 4) is 0 Å². The summed E-state index contributed by atoms with van der Waals surface area (Å²) in [5.74, 6) is 2.43. The van der Waals surface area contributed by atoms with E-state index in [0.717, 1.165) is 23.1 Å². The van der Waals surface area contributed by atoms with Gasteiger partial charge in [-0.1, -0.05) is 26.1 Å². The van der Waals surface area contributed by atoms with Gasteiger partial charge in [0.15, 0.2) is 0 Å².